The van der Waals surface area contributed by atoms with Gasteiger partial charge in [0.15, 0.2) is 17.3 Å². The van der Waals surface area contributed by atoms with Crippen LogP contribution in [0.25, 0.3) is 5.57 Å². The van der Waals surface area contributed by atoms with Gasteiger partial charge in [-0.25, -0.2) is 0 Å². The van der Waals surface area contributed by atoms with Crippen molar-refractivity contribution in [3.05, 3.63) is 59.9 Å². The van der Waals surface area contributed by atoms with E-state index in [0.29, 0.717) is 29.6 Å². The molecule has 2 aliphatic heterocycles. The number of allylic oxidation sites excluding steroid dienone is 1. The van der Waals surface area contributed by atoms with Gasteiger partial charge in [-0.2, -0.15) is 0 Å². The average Bonchev–Trinajstić information content (AvgIpc) is 2.88. The van der Waals surface area contributed by atoms with Crippen molar-refractivity contribution < 1.29 is 28.5 Å². The van der Waals surface area contributed by atoms with Gasteiger partial charge in [0.25, 0.3) is 0 Å². The Hall–Kier alpha value is -3.03. The van der Waals surface area contributed by atoms with Crippen molar-refractivity contribution in [3.63, 3.8) is 0 Å². The summed E-state index contributed by atoms with van der Waals surface area (Å²) in [4.78, 5) is 15.8. The molecule has 0 N–H and O–H groups in total. The van der Waals surface area contributed by atoms with Crippen molar-refractivity contribution in [2.24, 2.45) is 11.8 Å². The molecule has 2 heterocycles. The van der Waals surface area contributed by atoms with E-state index < -0.39 is 0 Å². The lowest BCUT2D eigenvalue weighted by Gasteiger charge is -2.48. The number of nitrogens with zero attached hydrogens (tertiary/aromatic N) is 1. The van der Waals surface area contributed by atoms with E-state index in [9.17, 15) is 4.79 Å². The fraction of sp³-hybridized carbons (Fsp3) is 0.444. The monoisotopic (exact) mass is 465 g/mol. The summed E-state index contributed by atoms with van der Waals surface area (Å²) in [6, 6.07) is 13.6. The molecule has 2 aromatic rings. The van der Waals surface area contributed by atoms with Gasteiger partial charge in [0.05, 0.1) is 51.9 Å². The molecule has 3 aliphatic rings. The van der Waals surface area contributed by atoms with Gasteiger partial charge in [0.1, 0.15) is 11.9 Å². The van der Waals surface area contributed by atoms with Crippen LogP contribution in [0.3, 0.4) is 0 Å². The number of rotatable bonds is 6. The van der Waals surface area contributed by atoms with Crippen LogP contribution in [-0.2, 0) is 20.8 Å². The summed E-state index contributed by atoms with van der Waals surface area (Å²) in [5.74, 6) is 2.20. The topological polar surface area (TPSA) is 66.5 Å². The Kier molecular flexibility index (Phi) is 6.48. The molecular formula is C27H31NO6. The van der Waals surface area contributed by atoms with Gasteiger partial charge in [-0.05, 0) is 36.6 Å². The number of hydrogen-bond donors (Lipinski definition) is 0. The minimum absolute atomic E-state index is 0.108. The van der Waals surface area contributed by atoms with Crippen molar-refractivity contribution in [2.75, 3.05) is 34.6 Å². The molecule has 0 radical (unpaired) electrons. The number of methoxy groups -OCH3 is 3. The van der Waals surface area contributed by atoms with Crippen LogP contribution < -0.4 is 14.2 Å². The number of fused-ring (bicyclic) bond motifs is 3. The van der Waals surface area contributed by atoms with E-state index in [1.54, 1.807) is 27.6 Å². The standard InChI is InChI=1S/C27H31NO6/c1-30-22-7-5-4-6-18(22)21-15-33-27-19(26(21)29)9-11-23-20(27)14-28(16-34-23)13-17-8-10-24(31-2)25(12-17)32-3/h4-8,10,12,15,19-20,23,27H,9,11,13-14,16H2,1-3H3. The molecule has 1 saturated heterocycles. The van der Waals surface area contributed by atoms with Gasteiger partial charge in [-0.15, -0.1) is 0 Å². The number of ether oxygens (including phenoxy) is 5. The van der Waals surface area contributed by atoms with Crippen LogP contribution in [0.15, 0.2) is 48.7 Å². The molecule has 1 saturated carbocycles. The number of para-hydroxylation sites is 1. The summed E-state index contributed by atoms with van der Waals surface area (Å²) in [6.07, 6.45) is 3.20. The first-order chi connectivity index (χ1) is 16.6. The molecule has 5 rings (SSSR count). The summed E-state index contributed by atoms with van der Waals surface area (Å²) in [5.41, 5.74) is 2.49. The smallest absolute Gasteiger partial charge is 0.173 e. The quantitative estimate of drug-likeness (QED) is 0.641. The Bertz CT molecular complexity index is 1080. The molecule has 34 heavy (non-hydrogen) atoms. The zero-order valence-corrected chi connectivity index (χ0v) is 19.9. The Balaban J connectivity index is 1.33. The van der Waals surface area contributed by atoms with Crippen molar-refractivity contribution in [2.45, 2.75) is 31.6 Å². The summed E-state index contributed by atoms with van der Waals surface area (Å²) in [7, 11) is 4.89. The highest BCUT2D eigenvalue weighted by Gasteiger charge is 2.49. The molecule has 0 amide bonds. The molecule has 1 aliphatic carbocycles. The van der Waals surface area contributed by atoms with Crippen LogP contribution >= 0.6 is 0 Å². The highest BCUT2D eigenvalue weighted by Crippen LogP contribution is 2.43. The van der Waals surface area contributed by atoms with Gasteiger partial charge < -0.3 is 23.7 Å². The molecule has 7 nitrogen and oxygen atoms in total. The number of benzene rings is 2. The van der Waals surface area contributed by atoms with E-state index in [1.807, 2.05) is 42.5 Å². The van der Waals surface area contributed by atoms with Crippen LogP contribution in [0.4, 0.5) is 0 Å². The lowest BCUT2D eigenvalue weighted by molar-refractivity contribution is -0.171. The van der Waals surface area contributed by atoms with Gasteiger partial charge in [-0.3, -0.25) is 9.69 Å². The number of carbonyl (C=O) groups is 1. The number of ketones is 1. The van der Waals surface area contributed by atoms with Crippen molar-refractivity contribution in [1.82, 2.24) is 4.90 Å². The van der Waals surface area contributed by atoms with Crippen LogP contribution in [0.1, 0.15) is 24.0 Å². The maximum atomic E-state index is 13.5. The second kappa shape index (κ2) is 9.68. The van der Waals surface area contributed by atoms with Crippen molar-refractivity contribution in [3.8, 4) is 17.2 Å². The fourth-order valence-electron chi connectivity index (χ4n) is 5.50. The molecule has 4 atom stereocenters. The van der Waals surface area contributed by atoms with Crippen LogP contribution in [-0.4, -0.2) is 57.5 Å². The third-order valence-electron chi connectivity index (χ3n) is 7.20. The third kappa shape index (κ3) is 4.14. The fourth-order valence-corrected chi connectivity index (χ4v) is 5.50. The van der Waals surface area contributed by atoms with Crippen molar-refractivity contribution in [1.29, 1.82) is 0 Å². The Morgan fingerprint density at radius 1 is 0.971 bits per heavy atom. The summed E-state index contributed by atoms with van der Waals surface area (Å²) < 4.78 is 28.8. The molecule has 180 valence electrons. The van der Waals surface area contributed by atoms with Gasteiger partial charge >= 0.3 is 0 Å². The second-order valence-electron chi connectivity index (χ2n) is 9.08. The lowest BCUT2D eigenvalue weighted by Crippen LogP contribution is -2.56. The van der Waals surface area contributed by atoms with E-state index in [4.69, 9.17) is 23.7 Å². The Morgan fingerprint density at radius 2 is 1.76 bits per heavy atom. The predicted molar refractivity (Wildman–Crippen MR) is 127 cm³/mol. The third-order valence-corrected chi connectivity index (χ3v) is 7.20. The normalized spacial score (nSPS) is 26.6. The first kappa shape index (κ1) is 22.7. The zero-order valence-electron chi connectivity index (χ0n) is 19.9. The van der Waals surface area contributed by atoms with Crippen LogP contribution in [0.5, 0.6) is 17.2 Å². The molecular weight excluding hydrogens is 434 g/mol. The lowest BCUT2D eigenvalue weighted by atomic mass is 9.71. The highest BCUT2D eigenvalue weighted by molar-refractivity contribution is 6.22. The summed E-state index contributed by atoms with van der Waals surface area (Å²) in [5, 5.41) is 0. The predicted octanol–water partition coefficient (Wildman–Crippen LogP) is 3.91. The Labute approximate surface area is 200 Å². The molecule has 7 heteroatoms. The molecule has 2 fully saturated rings. The molecule has 2 aromatic carbocycles. The average molecular weight is 466 g/mol. The van der Waals surface area contributed by atoms with E-state index in [1.165, 1.54) is 0 Å². The van der Waals surface area contributed by atoms with Crippen LogP contribution in [0, 0.1) is 11.8 Å². The van der Waals surface area contributed by atoms with Crippen molar-refractivity contribution >= 4 is 11.4 Å². The number of Topliss-reactive ketones (excluding diaryl/α,β-unsaturated/α-hetero) is 1. The molecule has 0 bridgehead atoms. The molecule has 0 aromatic heterocycles. The van der Waals surface area contributed by atoms with Crippen LogP contribution in [0.2, 0.25) is 0 Å². The SMILES string of the molecule is COc1ccc(CN2COC3CCC4C(=O)C(c5ccccc5OC)=COC4C3C2)cc1OC. The number of carbonyl (C=O) groups excluding carboxylic acids is 1. The highest BCUT2D eigenvalue weighted by atomic mass is 16.5. The second-order valence-corrected chi connectivity index (χ2v) is 9.08. The maximum Gasteiger partial charge on any atom is 0.173 e. The van der Waals surface area contributed by atoms with E-state index in [0.717, 1.165) is 37.1 Å². The van der Waals surface area contributed by atoms with E-state index in [2.05, 4.69) is 4.90 Å². The first-order valence-electron chi connectivity index (χ1n) is 11.7. The summed E-state index contributed by atoms with van der Waals surface area (Å²) >= 11 is 0. The van der Waals surface area contributed by atoms with E-state index in [-0.39, 0.29) is 29.8 Å². The van der Waals surface area contributed by atoms with Gasteiger partial charge in [0, 0.05) is 24.6 Å². The summed E-state index contributed by atoms with van der Waals surface area (Å²) in [6.45, 7) is 2.09. The minimum Gasteiger partial charge on any atom is -0.496 e. The molecule has 4 unspecified atom stereocenters. The minimum atomic E-state index is -0.182. The first-order valence-corrected chi connectivity index (χ1v) is 11.7. The van der Waals surface area contributed by atoms with E-state index >= 15 is 0 Å². The van der Waals surface area contributed by atoms with Gasteiger partial charge in [-0.1, -0.05) is 24.3 Å². The zero-order chi connectivity index (χ0) is 23.7. The Morgan fingerprint density at radius 3 is 2.56 bits per heavy atom. The van der Waals surface area contributed by atoms with Gasteiger partial charge in [0.2, 0.25) is 0 Å². The molecule has 0 spiro atoms. The maximum absolute atomic E-state index is 13.5. The largest absolute Gasteiger partial charge is 0.496 e. The number of hydrogen-bond acceptors (Lipinski definition) is 7.